The van der Waals surface area contributed by atoms with E-state index < -0.39 is 33.9 Å². The Morgan fingerprint density at radius 1 is 1.44 bits per heavy atom. The number of rotatable bonds is 2. The molecule has 0 saturated carbocycles. The van der Waals surface area contributed by atoms with Gasteiger partial charge in [0.15, 0.2) is 0 Å². The van der Waals surface area contributed by atoms with Crippen LogP contribution in [-0.2, 0) is 19.0 Å². The van der Waals surface area contributed by atoms with E-state index in [-0.39, 0.29) is 12.4 Å². The van der Waals surface area contributed by atoms with Crippen LogP contribution in [0.5, 0.6) is 5.75 Å². The second kappa shape index (κ2) is 4.91. The van der Waals surface area contributed by atoms with Gasteiger partial charge in [-0.1, -0.05) is 6.07 Å². The van der Waals surface area contributed by atoms with Gasteiger partial charge >= 0.3 is 6.16 Å². The molecule has 0 spiro atoms. The Morgan fingerprint density at radius 3 is 2.83 bits per heavy atom. The van der Waals surface area contributed by atoms with E-state index in [9.17, 15) is 17.6 Å². The van der Waals surface area contributed by atoms with Gasteiger partial charge in [0.1, 0.15) is 30.0 Å². The predicted molar refractivity (Wildman–Crippen MR) is 57.0 cm³/mol. The monoisotopic (exact) mass is 276 g/mol. The van der Waals surface area contributed by atoms with Crippen LogP contribution in [0.2, 0.25) is 0 Å². The van der Waals surface area contributed by atoms with Gasteiger partial charge in [0.25, 0.3) is 10.1 Å². The number of carbonyl (C=O) groups excluding carboxylic acids is 1. The average Bonchev–Trinajstić information content (AvgIpc) is 2.57. The summed E-state index contributed by atoms with van der Waals surface area (Å²) in [6.45, 7) is -0.236. The Bertz CT molecular complexity index is 555. The molecule has 1 aromatic carbocycles. The van der Waals surface area contributed by atoms with Crippen LogP contribution >= 0.6 is 0 Å². The van der Waals surface area contributed by atoms with Crippen molar-refractivity contribution in [1.29, 1.82) is 0 Å². The summed E-state index contributed by atoms with van der Waals surface area (Å²) in [5.41, 5.74) is 0. The van der Waals surface area contributed by atoms with Gasteiger partial charge in [-0.25, -0.2) is 9.18 Å². The molecule has 0 aliphatic carbocycles. The molecule has 1 aliphatic rings. The molecular formula is C10H9FO6S. The topological polar surface area (TPSA) is 78.9 Å². The van der Waals surface area contributed by atoms with Crippen molar-refractivity contribution < 1.29 is 31.3 Å². The van der Waals surface area contributed by atoms with Gasteiger partial charge in [-0.3, -0.25) is 4.18 Å². The van der Waals surface area contributed by atoms with Crippen LogP contribution < -0.4 is 4.74 Å². The predicted octanol–water partition coefficient (Wildman–Crippen LogP) is 1.07. The molecule has 1 aliphatic heterocycles. The maximum Gasteiger partial charge on any atom is 0.514 e. The van der Waals surface area contributed by atoms with Crippen LogP contribution in [0.1, 0.15) is 0 Å². The first-order chi connectivity index (χ1) is 8.44. The maximum atomic E-state index is 12.8. The Kier molecular flexibility index (Phi) is 3.48. The van der Waals surface area contributed by atoms with Crippen LogP contribution in [-0.4, -0.2) is 33.0 Å². The third-order valence-corrected chi connectivity index (χ3v) is 3.36. The number of carbonyl (C=O) groups is 1. The van der Waals surface area contributed by atoms with Crippen molar-refractivity contribution in [1.82, 2.24) is 0 Å². The van der Waals surface area contributed by atoms with Crippen molar-refractivity contribution in [2.24, 2.45) is 0 Å². The molecule has 0 amide bonds. The average molecular weight is 276 g/mol. The molecule has 1 saturated heterocycles. The molecule has 6 nitrogen and oxygen atoms in total. The van der Waals surface area contributed by atoms with E-state index in [1.165, 1.54) is 18.2 Å². The highest BCUT2D eigenvalue weighted by Crippen LogP contribution is 2.15. The molecule has 1 fully saturated rings. The first-order valence-electron chi connectivity index (χ1n) is 4.96. The molecule has 0 radical (unpaired) electrons. The van der Waals surface area contributed by atoms with Crippen LogP contribution in [0.4, 0.5) is 9.18 Å². The number of benzene rings is 1. The number of ether oxygens (including phenoxy) is 2. The van der Waals surface area contributed by atoms with Gasteiger partial charge in [-0.15, -0.1) is 0 Å². The highest BCUT2D eigenvalue weighted by molar-refractivity contribution is 7.87. The Labute approximate surface area is 102 Å². The summed E-state index contributed by atoms with van der Waals surface area (Å²) in [7, 11) is -3.61. The maximum absolute atomic E-state index is 12.8. The molecule has 8 heteroatoms. The summed E-state index contributed by atoms with van der Waals surface area (Å²) in [6.07, 6.45) is -2.01. The van der Waals surface area contributed by atoms with Gasteiger partial charge in [0.05, 0.1) is 0 Å². The third-order valence-electron chi connectivity index (χ3n) is 2.08. The van der Waals surface area contributed by atoms with Crippen molar-refractivity contribution in [3.05, 3.63) is 30.1 Å². The molecule has 0 N–H and O–H groups in total. The van der Waals surface area contributed by atoms with Gasteiger partial charge in [0.2, 0.25) is 0 Å². The summed E-state index contributed by atoms with van der Waals surface area (Å²) in [5, 5.41) is 0. The Hall–Kier alpha value is -1.67. The second-order valence-electron chi connectivity index (χ2n) is 3.56. The largest absolute Gasteiger partial charge is 0.514 e. The highest BCUT2D eigenvalue weighted by atomic mass is 32.2. The van der Waals surface area contributed by atoms with Crippen molar-refractivity contribution in [2.45, 2.75) is 6.10 Å². The lowest BCUT2D eigenvalue weighted by Crippen LogP contribution is -2.23. The van der Waals surface area contributed by atoms with Crippen molar-refractivity contribution >= 4 is 16.3 Å². The fourth-order valence-corrected chi connectivity index (χ4v) is 2.43. The molecule has 1 aromatic rings. The minimum Gasteiger partial charge on any atom is -0.427 e. The Morgan fingerprint density at radius 2 is 2.22 bits per heavy atom. The van der Waals surface area contributed by atoms with Gasteiger partial charge in [-0.05, 0) is 12.1 Å². The first-order valence-corrected chi connectivity index (χ1v) is 6.53. The molecule has 18 heavy (non-hydrogen) atoms. The summed E-state index contributed by atoms with van der Waals surface area (Å²) in [4.78, 5) is 11.3. The van der Waals surface area contributed by atoms with E-state index in [0.29, 0.717) is 0 Å². The summed E-state index contributed by atoms with van der Waals surface area (Å²) < 4.78 is 48.4. The normalized spacial score (nSPS) is 21.5. The SMILES string of the molecule is O=C(Oc1cccc(F)c1)OC1COS(=O)(=O)C1. The van der Waals surface area contributed by atoms with Crippen LogP contribution in [0.3, 0.4) is 0 Å². The lowest BCUT2D eigenvalue weighted by atomic mass is 10.3. The van der Waals surface area contributed by atoms with Crippen molar-refractivity contribution in [3.63, 3.8) is 0 Å². The van der Waals surface area contributed by atoms with Gasteiger partial charge in [-0.2, -0.15) is 8.42 Å². The highest BCUT2D eigenvalue weighted by Gasteiger charge is 2.32. The molecular weight excluding hydrogens is 267 g/mol. The zero-order valence-corrected chi connectivity index (χ0v) is 9.85. The number of halogens is 1. The van der Waals surface area contributed by atoms with Crippen LogP contribution in [0.25, 0.3) is 0 Å². The number of hydrogen-bond acceptors (Lipinski definition) is 6. The van der Waals surface area contributed by atoms with Crippen LogP contribution in [0, 0.1) is 5.82 Å². The lowest BCUT2D eigenvalue weighted by Gasteiger charge is -2.08. The van der Waals surface area contributed by atoms with Crippen molar-refractivity contribution in [2.75, 3.05) is 12.4 Å². The summed E-state index contributed by atoms with van der Waals surface area (Å²) >= 11 is 0. The Balaban J connectivity index is 1.90. The van der Waals surface area contributed by atoms with E-state index in [0.717, 1.165) is 6.07 Å². The molecule has 0 aromatic heterocycles. The summed E-state index contributed by atoms with van der Waals surface area (Å²) in [6, 6.07) is 4.92. The minimum atomic E-state index is -3.61. The molecule has 0 bridgehead atoms. The van der Waals surface area contributed by atoms with E-state index in [1.807, 2.05) is 0 Å². The van der Waals surface area contributed by atoms with Gasteiger partial charge < -0.3 is 9.47 Å². The fraction of sp³-hybridized carbons (Fsp3) is 0.300. The first kappa shape index (κ1) is 12.8. The molecule has 1 unspecified atom stereocenters. The fourth-order valence-electron chi connectivity index (χ4n) is 1.36. The zero-order valence-electron chi connectivity index (χ0n) is 9.04. The second-order valence-corrected chi connectivity index (χ2v) is 5.24. The van der Waals surface area contributed by atoms with Crippen molar-refractivity contribution in [3.8, 4) is 5.75 Å². The quantitative estimate of drug-likeness (QED) is 0.456. The van der Waals surface area contributed by atoms with Gasteiger partial charge in [0, 0.05) is 6.07 Å². The summed E-state index contributed by atoms with van der Waals surface area (Å²) in [5.74, 6) is -1.00. The zero-order chi connectivity index (χ0) is 13.2. The van der Waals surface area contributed by atoms with E-state index in [1.54, 1.807) is 0 Å². The van der Waals surface area contributed by atoms with Crippen LogP contribution in [0.15, 0.2) is 24.3 Å². The standard InChI is InChI=1S/C10H9FO6S/c11-7-2-1-3-8(4-7)16-10(12)17-9-5-15-18(13,14)6-9/h1-4,9H,5-6H2. The molecule has 1 atom stereocenters. The van der Waals surface area contributed by atoms with E-state index >= 15 is 0 Å². The van der Waals surface area contributed by atoms with E-state index in [4.69, 9.17) is 4.74 Å². The molecule has 2 rings (SSSR count). The number of hydrogen-bond donors (Lipinski definition) is 0. The molecule has 1 heterocycles. The van der Waals surface area contributed by atoms with E-state index in [2.05, 4.69) is 8.92 Å². The lowest BCUT2D eigenvalue weighted by molar-refractivity contribution is 0.0572. The smallest absolute Gasteiger partial charge is 0.427 e. The minimum absolute atomic E-state index is 0.0261. The third kappa shape index (κ3) is 3.41. The molecule has 98 valence electrons.